The topological polar surface area (TPSA) is 92.8 Å². The fourth-order valence-corrected chi connectivity index (χ4v) is 0.762. The Hall–Kier alpha value is -1.74. The summed E-state index contributed by atoms with van der Waals surface area (Å²) in [4.78, 5) is 20.7. The molecule has 0 N–H and O–H groups in total. The lowest BCUT2D eigenvalue weighted by Crippen LogP contribution is -2.06. The number of carbonyl (C=O) groups is 2. The number of carbonyl (C=O) groups excluding carboxylic acids is 2. The van der Waals surface area contributed by atoms with Gasteiger partial charge in [0.15, 0.2) is 13.6 Å². The van der Waals surface area contributed by atoms with Crippen LogP contribution in [0, 0.1) is 0 Å². The van der Waals surface area contributed by atoms with E-state index >= 15 is 0 Å². The van der Waals surface area contributed by atoms with Gasteiger partial charge in [0.1, 0.15) is 6.10 Å². The van der Waals surface area contributed by atoms with Crippen LogP contribution in [0.15, 0.2) is 24.8 Å². The van der Waals surface area contributed by atoms with Crippen molar-refractivity contribution in [1.82, 2.24) is 0 Å². The third-order valence-corrected chi connectivity index (χ3v) is 1.90. The lowest BCUT2D eigenvalue weighted by Gasteiger charge is -1.99. The summed E-state index contributed by atoms with van der Waals surface area (Å²) in [6.45, 7) is 9.79. The van der Waals surface area contributed by atoms with Crippen molar-refractivity contribution in [2.45, 2.75) is 57.6 Å². The molecule has 0 bridgehead atoms. The zero-order valence-corrected chi connectivity index (χ0v) is 14.2. The summed E-state index contributed by atoms with van der Waals surface area (Å²) in [6, 6.07) is 0. The van der Waals surface area contributed by atoms with Crippen LogP contribution in [-0.2, 0) is 38.0 Å². The van der Waals surface area contributed by atoms with Crippen molar-refractivity contribution in [3.05, 3.63) is 24.8 Å². The standard InChI is InChI=1S/C6H10O3.C5H8O3.C4H8O2.6CH4/c1-5(2)6(7)9-4-8-3;1-3-5(6)8-4-7-2;1-5-2-4-3-6-4;;;;;;/h1,4H2,2-3H3;3H,1,4H2,2H3;4H,2-3H2,1H3;6*1H4. The molecule has 0 aromatic heterocycles. The van der Waals surface area contributed by atoms with Gasteiger partial charge in [-0.25, -0.2) is 9.59 Å². The quantitative estimate of drug-likeness (QED) is 0.233. The number of esters is 2. The fourth-order valence-electron chi connectivity index (χ4n) is 0.762. The summed E-state index contributed by atoms with van der Waals surface area (Å²) in [6.07, 6.45) is 1.51. The lowest BCUT2D eigenvalue weighted by molar-refractivity contribution is -0.149. The van der Waals surface area contributed by atoms with E-state index in [2.05, 4.69) is 32.1 Å². The van der Waals surface area contributed by atoms with Gasteiger partial charge in [0, 0.05) is 33.0 Å². The highest BCUT2D eigenvalue weighted by molar-refractivity contribution is 5.86. The Morgan fingerprint density at radius 3 is 1.59 bits per heavy atom. The summed E-state index contributed by atoms with van der Waals surface area (Å²) in [7, 11) is 4.57. The van der Waals surface area contributed by atoms with Gasteiger partial charge in [0.05, 0.1) is 13.2 Å². The highest BCUT2D eigenvalue weighted by Crippen LogP contribution is 2.06. The van der Waals surface area contributed by atoms with Crippen LogP contribution in [-0.4, -0.2) is 66.2 Å². The second-order valence-electron chi connectivity index (χ2n) is 4.10. The summed E-state index contributed by atoms with van der Waals surface area (Å²) in [5, 5.41) is 0. The van der Waals surface area contributed by atoms with E-state index < -0.39 is 11.9 Å². The van der Waals surface area contributed by atoms with E-state index in [-0.39, 0.29) is 58.1 Å². The molecule has 1 saturated heterocycles. The number of hydrogen-bond donors (Lipinski definition) is 0. The second-order valence-corrected chi connectivity index (χ2v) is 4.10. The maximum atomic E-state index is 10.5. The highest BCUT2D eigenvalue weighted by atomic mass is 16.7. The molecule has 1 atom stereocenters. The average molecular weight is 431 g/mol. The molecule has 8 heteroatoms. The molecule has 0 aromatic rings. The summed E-state index contributed by atoms with van der Waals surface area (Å²) < 4.78 is 27.3. The van der Waals surface area contributed by atoms with Crippen molar-refractivity contribution >= 4 is 11.9 Å². The molecule has 1 unspecified atom stereocenters. The first kappa shape index (κ1) is 50.7. The van der Waals surface area contributed by atoms with Gasteiger partial charge in [-0.3, -0.25) is 0 Å². The van der Waals surface area contributed by atoms with Gasteiger partial charge < -0.3 is 28.4 Å². The molecule has 0 aliphatic carbocycles. The Morgan fingerprint density at radius 2 is 1.34 bits per heavy atom. The van der Waals surface area contributed by atoms with E-state index in [0.717, 1.165) is 19.3 Å². The number of methoxy groups -OCH3 is 3. The van der Waals surface area contributed by atoms with Gasteiger partial charge in [-0.2, -0.15) is 0 Å². The van der Waals surface area contributed by atoms with Crippen molar-refractivity contribution in [3.63, 3.8) is 0 Å². The molecule has 8 nitrogen and oxygen atoms in total. The first-order chi connectivity index (χ1) is 10.9. The Labute approximate surface area is 181 Å². The van der Waals surface area contributed by atoms with E-state index in [1.54, 1.807) is 14.0 Å². The van der Waals surface area contributed by atoms with Crippen molar-refractivity contribution in [3.8, 4) is 0 Å². The Balaban J connectivity index is -0.0000000348. The van der Waals surface area contributed by atoms with Crippen molar-refractivity contribution in [1.29, 1.82) is 0 Å². The monoisotopic (exact) mass is 430 g/mol. The number of ether oxygens (including phenoxy) is 6. The van der Waals surface area contributed by atoms with Crippen LogP contribution < -0.4 is 0 Å². The molecule has 0 spiro atoms. The minimum atomic E-state index is -0.466. The zero-order chi connectivity index (χ0) is 18.1. The van der Waals surface area contributed by atoms with Crippen molar-refractivity contribution < 1.29 is 38.0 Å². The summed E-state index contributed by atoms with van der Waals surface area (Å²) in [5.74, 6) is -0.885. The third kappa shape index (κ3) is 46.4. The van der Waals surface area contributed by atoms with Crippen molar-refractivity contribution in [2.75, 3.05) is 48.1 Å². The molecule has 1 aliphatic heterocycles. The maximum absolute atomic E-state index is 10.5. The van der Waals surface area contributed by atoms with E-state index in [4.69, 9.17) is 9.47 Å². The zero-order valence-electron chi connectivity index (χ0n) is 14.2. The molecule has 182 valence electrons. The Bertz CT molecular complexity index is 353. The average Bonchev–Trinajstić information content (AvgIpc) is 3.35. The Morgan fingerprint density at radius 1 is 0.931 bits per heavy atom. The van der Waals surface area contributed by atoms with E-state index in [0.29, 0.717) is 11.7 Å². The first-order valence-corrected chi connectivity index (χ1v) is 6.63. The minimum absolute atomic E-state index is 0. The molecule has 0 aromatic carbocycles. The summed E-state index contributed by atoms with van der Waals surface area (Å²) in [5.41, 5.74) is 0.382. The number of epoxide rings is 1. The first-order valence-electron chi connectivity index (χ1n) is 6.63. The number of rotatable bonds is 8. The molecule has 0 radical (unpaired) electrons. The van der Waals surface area contributed by atoms with Crippen LogP contribution in [0.3, 0.4) is 0 Å². The van der Waals surface area contributed by atoms with Crippen LogP contribution in [0.4, 0.5) is 0 Å². The molecule has 29 heavy (non-hydrogen) atoms. The van der Waals surface area contributed by atoms with Gasteiger partial charge >= 0.3 is 11.9 Å². The molecule has 0 amide bonds. The normalized spacial score (nSPS) is 11.2. The van der Waals surface area contributed by atoms with Gasteiger partial charge in [-0.05, 0) is 6.92 Å². The minimum Gasteiger partial charge on any atom is -0.435 e. The van der Waals surface area contributed by atoms with Gasteiger partial charge in [-0.15, -0.1) is 0 Å². The highest BCUT2D eigenvalue weighted by Gasteiger charge is 2.21. The molecular weight excluding hydrogens is 380 g/mol. The van der Waals surface area contributed by atoms with Crippen molar-refractivity contribution in [2.24, 2.45) is 0 Å². The maximum Gasteiger partial charge on any atom is 0.335 e. The molecule has 1 aliphatic rings. The van der Waals surface area contributed by atoms with Gasteiger partial charge in [-0.1, -0.05) is 57.7 Å². The Kier molecular flexibility index (Phi) is 64.8. The molecule has 1 fully saturated rings. The smallest absolute Gasteiger partial charge is 0.335 e. The van der Waals surface area contributed by atoms with Crippen LogP contribution in [0.25, 0.3) is 0 Å². The number of hydrogen-bond acceptors (Lipinski definition) is 8. The van der Waals surface area contributed by atoms with Gasteiger partial charge in [0.2, 0.25) is 0 Å². The molecular formula is C21H50O8. The van der Waals surface area contributed by atoms with E-state index in [1.165, 1.54) is 14.2 Å². The lowest BCUT2D eigenvalue weighted by atomic mass is 10.4. The van der Waals surface area contributed by atoms with E-state index in [1.807, 2.05) is 0 Å². The third-order valence-electron chi connectivity index (χ3n) is 1.90. The van der Waals surface area contributed by atoms with Gasteiger partial charge in [0.25, 0.3) is 0 Å². The molecule has 0 saturated carbocycles. The SMILES string of the molecule is C.C.C.C.C.C.C=C(C)C(=O)OCOC.C=CC(=O)OCOC.COCC1CO1. The molecule has 1 rings (SSSR count). The van der Waals surface area contributed by atoms with E-state index in [9.17, 15) is 9.59 Å². The second kappa shape index (κ2) is 37.1. The van der Waals surface area contributed by atoms with Crippen LogP contribution >= 0.6 is 0 Å². The predicted octanol–water partition coefficient (Wildman–Crippen LogP) is 4.88. The summed E-state index contributed by atoms with van der Waals surface area (Å²) >= 11 is 0. The molecule has 1 heterocycles. The van der Waals surface area contributed by atoms with Crippen LogP contribution in [0.5, 0.6) is 0 Å². The predicted molar refractivity (Wildman–Crippen MR) is 123 cm³/mol. The largest absolute Gasteiger partial charge is 0.435 e. The fraction of sp³-hybridized carbons (Fsp3) is 0.714. The van der Waals surface area contributed by atoms with Crippen LogP contribution in [0.2, 0.25) is 0 Å². The van der Waals surface area contributed by atoms with Crippen LogP contribution in [0.1, 0.15) is 51.5 Å².